The van der Waals surface area contributed by atoms with Crippen molar-refractivity contribution >= 4 is 21.8 Å². The standard InChI is InChI=1S/C13H14BrF2NO/c14-6-7-17(10-2-1-3-10)13(18)11-5-4-9(15)8-12(11)16/h4-5,8,10H,1-3,6-7H2. The van der Waals surface area contributed by atoms with Gasteiger partial charge in [0.25, 0.3) is 5.91 Å². The zero-order valence-electron chi connectivity index (χ0n) is 9.83. The first kappa shape index (κ1) is 13.5. The van der Waals surface area contributed by atoms with Gasteiger partial charge in [0.1, 0.15) is 11.6 Å². The Bertz CT molecular complexity index is 449. The second kappa shape index (κ2) is 5.78. The number of halogens is 3. The molecule has 2 rings (SSSR count). The van der Waals surface area contributed by atoms with Crippen LogP contribution in [0.4, 0.5) is 8.78 Å². The van der Waals surface area contributed by atoms with Crippen molar-refractivity contribution in [2.24, 2.45) is 0 Å². The van der Waals surface area contributed by atoms with Crippen molar-refractivity contribution in [1.82, 2.24) is 4.90 Å². The molecular weight excluding hydrogens is 304 g/mol. The first-order chi connectivity index (χ1) is 8.63. The zero-order valence-corrected chi connectivity index (χ0v) is 11.4. The molecule has 1 aliphatic rings. The van der Waals surface area contributed by atoms with Gasteiger partial charge in [0.05, 0.1) is 5.56 Å². The van der Waals surface area contributed by atoms with Crippen molar-refractivity contribution in [3.8, 4) is 0 Å². The van der Waals surface area contributed by atoms with Crippen LogP contribution in [0.2, 0.25) is 0 Å². The van der Waals surface area contributed by atoms with Gasteiger partial charge in [0.2, 0.25) is 0 Å². The maximum absolute atomic E-state index is 13.6. The molecule has 1 aliphatic carbocycles. The topological polar surface area (TPSA) is 20.3 Å². The van der Waals surface area contributed by atoms with Crippen LogP contribution in [-0.2, 0) is 0 Å². The molecule has 0 spiro atoms. The Morgan fingerprint density at radius 1 is 1.39 bits per heavy atom. The van der Waals surface area contributed by atoms with E-state index in [4.69, 9.17) is 0 Å². The molecule has 0 aliphatic heterocycles. The first-order valence-electron chi connectivity index (χ1n) is 5.95. The smallest absolute Gasteiger partial charge is 0.257 e. The zero-order chi connectivity index (χ0) is 13.1. The highest BCUT2D eigenvalue weighted by atomic mass is 79.9. The van der Waals surface area contributed by atoms with Gasteiger partial charge in [-0.1, -0.05) is 15.9 Å². The third-order valence-electron chi connectivity index (χ3n) is 3.26. The van der Waals surface area contributed by atoms with Crippen molar-refractivity contribution in [3.05, 3.63) is 35.4 Å². The molecule has 1 saturated carbocycles. The molecule has 0 unspecified atom stereocenters. The Kier molecular flexibility index (Phi) is 4.32. The van der Waals surface area contributed by atoms with E-state index in [-0.39, 0.29) is 17.5 Å². The predicted molar refractivity (Wildman–Crippen MR) is 68.8 cm³/mol. The van der Waals surface area contributed by atoms with E-state index in [1.165, 1.54) is 6.07 Å². The number of carbonyl (C=O) groups is 1. The third-order valence-corrected chi connectivity index (χ3v) is 3.62. The van der Waals surface area contributed by atoms with E-state index in [2.05, 4.69) is 15.9 Å². The molecule has 1 aromatic carbocycles. The Balaban J connectivity index is 2.21. The van der Waals surface area contributed by atoms with E-state index in [9.17, 15) is 13.6 Å². The van der Waals surface area contributed by atoms with Gasteiger partial charge in [-0.15, -0.1) is 0 Å². The van der Waals surface area contributed by atoms with Crippen molar-refractivity contribution in [3.63, 3.8) is 0 Å². The molecule has 1 amide bonds. The lowest BCUT2D eigenvalue weighted by Crippen LogP contribution is -2.45. The molecular formula is C13H14BrF2NO. The number of alkyl halides is 1. The van der Waals surface area contributed by atoms with Crippen LogP contribution in [-0.4, -0.2) is 28.7 Å². The van der Waals surface area contributed by atoms with Crippen molar-refractivity contribution in [1.29, 1.82) is 0 Å². The van der Waals surface area contributed by atoms with Gasteiger partial charge in [0, 0.05) is 24.0 Å². The van der Waals surface area contributed by atoms with Crippen LogP contribution in [0.25, 0.3) is 0 Å². The maximum atomic E-state index is 13.6. The van der Waals surface area contributed by atoms with Gasteiger partial charge in [0.15, 0.2) is 0 Å². The maximum Gasteiger partial charge on any atom is 0.257 e. The van der Waals surface area contributed by atoms with E-state index in [0.717, 1.165) is 31.4 Å². The molecule has 1 aromatic rings. The van der Waals surface area contributed by atoms with Gasteiger partial charge in [-0.25, -0.2) is 8.78 Å². The Hall–Kier alpha value is -0.970. The number of hydrogen-bond acceptors (Lipinski definition) is 1. The van der Waals surface area contributed by atoms with Crippen LogP contribution in [0.3, 0.4) is 0 Å². The van der Waals surface area contributed by atoms with Crippen molar-refractivity contribution in [2.45, 2.75) is 25.3 Å². The summed E-state index contributed by atoms with van der Waals surface area (Å²) < 4.78 is 26.4. The Labute approximate surface area is 113 Å². The van der Waals surface area contributed by atoms with Gasteiger partial charge < -0.3 is 4.90 Å². The fourth-order valence-electron chi connectivity index (χ4n) is 2.06. The van der Waals surface area contributed by atoms with Crippen LogP contribution in [0.1, 0.15) is 29.6 Å². The fourth-order valence-corrected chi connectivity index (χ4v) is 2.44. The molecule has 18 heavy (non-hydrogen) atoms. The number of nitrogens with zero attached hydrogens (tertiary/aromatic N) is 1. The summed E-state index contributed by atoms with van der Waals surface area (Å²) >= 11 is 3.29. The summed E-state index contributed by atoms with van der Waals surface area (Å²) in [5.41, 5.74) is -0.0516. The number of hydrogen-bond donors (Lipinski definition) is 0. The molecule has 0 atom stereocenters. The molecule has 0 saturated heterocycles. The van der Waals surface area contributed by atoms with Crippen LogP contribution in [0.5, 0.6) is 0 Å². The first-order valence-corrected chi connectivity index (χ1v) is 7.07. The van der Waals surface area contributed by atoms with E-state index < -0.39 is 11.6 Å². The summed E-state index contributed by atoms with van der Waals surface area (Å²) in [6.07, 6.45) is 3.02. The third kappa shape index (κ3) is 2.71. The van der Waals surface area contributed by atoms with E-state index in [1.54, 1.807) is 4.90 Å². The van der Waals surface area contributed by atoms with Gasteiger partial charge in [-0.3, -0.25) is 4.79 Å². The highest BCUT2D eigenvalue weighted by Crippen LogP contribution is 2.26. The monoisotopic (exact) mass is 317 g/mol. The highest BCUT2D eigenvalue weighted by Gasteiger charge is 2.30. The number of rotatable bonds is 4. The largest absolute Gasteiger partial charge is 0.335 e. The summed E-state index contributed by atoms with van der Waals surface area (Å²) in [5.74, 6) is -1.81. The van der Waals surface area contributed by atoms with E-state index in [1.807, 2.05) is 0 Å². The molecule has 2 nitrogen and oxygen atoms in total. The van der Waals surface area contributed by atoms with Gasteiger partial charge >= 0.3 is 0 Å². The molecule has 5 heteroatoms. The van der Waals surface area contributed by atoms with Crippen molar-refractivity contribution in [2.75, 3.05) is 11.9 Å². The molecule has 1 fully saturated rings. The molecule has 0 radical (unpaired) electrons. The molecule has 0 heterocycles. The quantitative estimate of drug-likeness (QED) is 0.780. The number of carbonyl (C=O) groups excluding carboxylic acids is 1. The van der Waals surface area contributed by atoms with Crippen LogP contribution < -0.4 is 0 Å². The predicted octanol–water partition coefficient (Wildman–Crippen LogP) is 3.35. The summed E-state index contributed by atoms with van der Waals surface area (Å²) in [5, 5.41) is 0.651. The second-order valence-corrected chi connectivity index (χ2v) is 5.19. The molecule has 0 N–H and O–H groups in total. The van der Waals surface area contributed by atoms with Crippen LogP contribution in [0.15, 0.2) is 18.2 Å². The summed E-state index contributed by atoms with van der Waals surface area (Å²) in [4.78, 5) is 13.9. The van der Waals surface area contributed by atoms with Gasteiger partial charge in [-0.2, -0.15) is 0 Å². The lowest BCUT2D eigenvalue weighted by molar-refractivity contribution is 0.0595. The van der Waals surface area contributed by atoms with Crippen LogP contribution >= 0.6 is 15.9 Å². The van der Waals surface area contributed by atoms with Gasteiger partial charge in [-0.05, 0) is 31.4 Å². The van der Waals surface area contributed by atoms with Crippen molar-refractivity contribution < 1.29 is 13.6 Å². The highest BCUT2D eigenvalue weighted by molar-refractivity contribution is 9.09. The second-order valence-electron chi connectivity index (χ2n) is 4.40. The minimum absolute atomic E-state index is 0.0516. The summed E-state index contributed by atoms with van der Waals surface area (Å²) in [6.45, 7) is 0.542. The Morgan fingerprint density at radius 3 is 2.61 bits per heavy atom. The summed E-state index contributed by atoms with van der Waals surface area (Å²) in [6, 6.07) is 3.27. The molecule has 98 valence electrons. The lowest BCUT2D eigenvalue weighted by atomic mass is 9.91. The fraction of sp³-hybridized carbons (Fsp3) is 0.462. The summed E-state index contributed by atoms with van der Waals surface area (Å²) in [7, 11) is 0. The molecule has 0 aromatic heterocycles. The minimum atomic E-state index is -0.793. The van der Waals surface area contributed by atoms with Crippen LogP contribution in [0, 0.1) is 11.6 Å². The Morgan fingerprint density at radius 2 is 2.11 bits per heavy atom. The number of benzene rings is 1. The SMILES string of the molecule is O=C(c1ccc(F)cc1F)N(CCBr)C1CCC1. The number of amides is 1. The van der Waals surface area contributed by atoms with E-state index in [0.29, 0.717) is 11.9 Å². The average Bonchev–Trinajstić information content (AvgIpc) is 2.25. The minimum Gasteiger partial charge on any atom is -0.335 e. The molecule has 0 bridgehead atoms. The lowest BCUT2D eigenvalue weighted by Gasteiger charge is -2.37. The van der Waals surface area contributed by atoms with E-state index >= 15 is 0 Å². The normalized spacial score (nSPS) is 15.3. The average molecular weight is 318 g/mol.